The Morgan fingerprint density at radius 2 is 1.69 bits per heavy atom. The van der Waals surface area contributed by atoms with Gasteiger partial charge in [0.05, 0.1) is 21.2 Å². The second-order valence-corrected chi connectivity index (χ2v) is 7.94. The van der Waals surface area contributed by atoms with Crippen molar-refractivity contribution >= 4 is 44.6 Å². The Bertz CT molecular complexity index is 1200. The molecule has 1 amide bonds. The molecule has 0 radical (unpaired) electrons. The van der Waals surface area contributed by atoms with Crippen molar-refractivity contribution < 1.29 is 17.6 Å². The number of halogens is 2. The van der Waals surface area contributed by atoms with E-state index in [-0.39, 0.29) is 32.5 Å². The lowest BCUT2D eigenvalue weighted by Crippen LogP contribution is -2.16. The number of amides is 1. The topological polar surface area (TPSA) is 105 Å². The zero-order chi connectivity index (χ0) is 21.0. The van der Waals surface area contributed by atoms with E-state index in [1.165, 1.54) is 54.6 Å². The molecule has 0 spiro atoms. The molecule has 0 unspecified atom stereocenters. The molecule has 0 aliphatic rings. The predicted octanol–water partition coefficient (Wildman–Crippen LogP) is 4.93. The molecule has 0 bridgehead atoms. The molecule has 7 nitrogen and oxygen atoms in total. The molecule has 0 heterocycles. The first-order chi connectivity index (χ1) is 13.8. The number of sulfonamides is 1. The zero-order valence-electron chi connectivity index (χ0n) is 14.6. The lowest BCUT2D eigenvalue weighted by atomic mass is 10.2. The fraction of sp³-hybridized carbons (Fsp3) is 0. The van der Waals surface area contributed by atoms with Crippen LogP contribution in [0.25, 0.3) is 0 Å². The van der Waals surface area contributed by atoms with Gasteiger partial charge in [-0.3, -0.25) is 9.52 Å². The van der Waals surface area contributed by atoms with Crippen LogP contribution in [0.4, 0.5) is 21.5 Å². The maximum Gasteiger partial charge on any atom is 0.261 e. The van der Waals surface area contributed by atoms with Crippen molar-refractivity contribution in [2.45, 2.75) is 4.90 Å². The minimum Gasteiger partial charge on any atom is -0.322 e. The van der Waals surface area contributed by atoms with Crippen LogP contribution in [-0.2, 0) is 10.0 Å². The van der Waals surface area contributed by atoms with Crippen LogP contribution in [0.3, 0.4) is 0 Å². The van der Waals surface area contributed by atoms with Gasteiger partial charge in [0.25, 0.3) is 15.9 Å². The molecule has 3 aromatic rings. The molecule has 0 saturated carbocycles. The highest BCUT2D eigenvalue weighted by Crippen LogP contribution is 2.25. The first-order valence-corrected chi connectivity index (χ1v) is 9.97. The van der Waals surface area contributed by atoms with Crippen molar-refractivity contribution in [3.05, 3.63) is 88.0 Å². The van der Waals surface area contributed by atoms with Gasteiger partial charge < -0.3 is 5.32 Å². The number of nitrogens with one attached hydrogen (secondary N) is 2. The highest BCUT2D eigenvalue weighted by molar-refractivity contribution is 7.92. The van der Waals surface area contributed by atoms with Gasteiger partial charge in [0.1, 0.15) is 11.5 Å². The van der Waals surface area contributed by atoms with Crippen molar-refractivity contribution in [1.82, 2.24) is 0 Å². The van der Waals surface area contributed by atoms with Gasteiger partial charge in [0.15, 0.2) is 0 Å². The molecule has 0 saturated heterocycles. The van der Waals surface area contributed by atoms with E-state index in [0.29, 0.717) is 0 Å². The monoisotopic (exact) mass is 433 g/mol. The maximum absolute atomic E-state index is 13.3. The van der Waals surface area contributed by atoms with Crippen molar-refractivity contribution in [2.75, 3.05) is 10.0 Å². The van der Waals surface area contributed by atoms with Crippen LogP contribution in [-0.4, -0.2) is 14.3 Å². The number of hydrogen-bond acceptors (Lipinski definition) is 5. The Morgan fingerprint density at radius 1 is 0.966 bits per heavy atom. The highest BCUT2D eigenvalue weighted by atomic mass is 35.5. The standard InChI is InChI=1S/C19H13ClFN3O4S/c20-18-8-7-16(29(27,28)24-15-6-1-3-12(21)9-15)11-17(18)19(25)22-13-4-2-5-14(10-13)23-26/h1-11,24H,(H,22,25). The lowest BCUT2D eigenvalue weighted by molar-refractivity contribution is 0.102. The Labute approximate surface area is 170 Å². The average molecular weight is 434 g/mol. The molecule has 148 valence electrons. The fourth-order valence-electron chi connectivity index (χ4n) is 2.45. The third kappa shape index (κ3) is 4.95. The number of anilines is 2. The van der Waals surface area contributed by atoms with Crippen LogP contribution < -0.4 is 10.0 Å². The zero-order valence-corrected chi connectivity index (χ0v) is 16.2. The van der Waals surface area contributed by atoms with E-state index in [0.717, 1.165) is 12.1 Å². The van der Waals surface area contributed by atoms with Gasteiger partial charge in [0, 0.05) is 5.69 Å². The minimum atomic E-state index is -4.10. The van der Waals surface area contributed by atoms with Crippen molar-refractivity contribution in [3.63, 3.8) is 0 Å². The summed E-state index contributed by atoms with van der Waals surface area (Å²) in [5.74, 6) is -1.28. The highest BCUT2D eigenvalue weighted by Gasteiger charge is 2.19. The summed E-state index contributed by atoms with van der Waals surface area (Å²) < 4.78 is 40.7. The van der Waals surface area contributed by atoms with Gasteiger partial charge in [-0.25, -0.2) is 12.8 Å². The summed E-state index contributed by atoms with van der Waals surface area (Å²) in [5, 5.41) is 5.33. The number of nitrogens with zero attached hydrogens (tertiary/aromatic N) is 1. The van der Waals surface area contributed by atoms with Gasteiger partial charge >= 0.3 is 0 Å². The second kappa shape index (κ2) is 8.38. The summed E-state index contributed by atoms with van der Waals surface area (Å²) in [6.45, 7) is 0. The second-order valence-electron chi connectivity index (χ2n) is 5.85. The first-order valence-electron chi connectivity index (χ1n) is 8.11. The third-order valence-corrected chi connectivity index (χ3v) is 5.49. The Balaban J connectivity index is 1.88. The van der Waals surface area contributed by atoms with Crippen LogP contribution in [0.2, 0.25) is 5.02 Å². The van der Waals surface area contributed by atoms with Gasteiger partial charge in [0.2, 0.25) is 0 Å². The summed E-state index contributed by atoms with van der Waals surface area (Å²) in [7, 11) is -4.10. The predicted molar refractivity (Wildman–Crippen MR) is 109 cm³/mol. The van der Waals surface area contributed by atoms with Crippen molar-refractivity contribution in [3.8, 4) is 0 Å². The molecule has 10 heteroatoms. The largest absolute Gasteiger partial charge is 0.322 e. The first kappa shape index (κ1) is 20.4. The Hall–Kier alpha value is -3.30. The molecular formula is C19H13ClFN3O4S. The molecule has 0 aromatic heterocycles. The molecule has 0 fully saturated rings. The van der Waals surface area contributed by atoms with Gasteiger partial charge in [-0.15, -0.1) is 4.91 Å². The van der Waals surface area contributed by atoms with Gasteiger partial charge in [-0.1, -0.05) is 23.7 Å². The quantitative estimate of drug-likeness (QED) is 0.537. The van der Waals surface area contributed by atoms with E-state index in [1.807, 2.05) is 0 Å². The van der Waals surface area contributed by atoms with E-state index in [2.05, 4.69) is 15.2 Å². The maximum atomic E-state index is 13.3. The minimum absolute atomic E-state index is 0.0249. The van der Waals surface area contributed by atoms with E-state index < -0.39 is 21.7 Å². The number of carbonyl (C=O) groups excluding carboxylic acids is 1. The SMILES string of the molecule is O=Nc1cccc(NC(=O)c2cc(S(=O)(=O)Nc3cccc(F)c3)ccc2Cl)c1. The average Bonchev–Trinajstić information content (AvgIpc) is 2.68. The van der Waals surface area contributed by atoms with Crippen molar-refractivity contribution in [1.29, 1.82) is 0 Å². The van der Waals surface area contributed by atoms with Crippen LogP contribution in [0.15, 0.2) is 76.8 Å². The van der Waals surface area contributed by atoms with E-state index >= 15 is 0 Å². The molecule has 0 aliphatic carbocycles. The molecule has 3 aromatic carbocycles. The lowest BCUT2D eigenvalue weighted by Gasteiger charge is -2.11. The number of nitroso groups, excluding NO2 is 1. The molecule has 0 atom stereocenters. The van der Waals surface area contributed by atoms with Crippen molar-refractivity contribution in [2.24, 2.45) is 5.18 Å². The fourth-order valence-corrected chi connectivity index (χ4v) is 3.73. The van der Waals surface area contributed by atoms with E-state index in [9.17, 15) is 22.5 Å². The Morgan fingerprint density at radius 3 is 2.41 bits per heavy atom. The Kier molecular flexibility index (Phi) is 5.90. The normalized spacial score (nSPS) is 11.0. The van der Waals surface area contributed by atoms with Crippen LogP contribution in [0.5, 0.6) is 0 Å². The molecule has 29 heavy (non-hydrogen) atoms. The molecular weight excluding hydrogens is 421 g/mol. The summed E-state index contributed by atoms with van der Waals surface area (Å²) in [5.41, 5.74) is 0.334. The van der Waals surface area contributed by atoms with Gasteiger partial charge in [-0.2, -0.15) is 0 Å². The number of hydrogen-bond donors (Lipinski definition) is 2. The molecule has 0 aliphatic heterocycles. The smallest absolute Gasteiger partial charge is 0.261 e. The molecule has 3 rings (SSSR count). The van der Waals surface area contributed by atoms with E-state index in [1.54, 1.807) is 0 Å². The third-order valence-electron chi connectivity index (χ3n) is 3.78. The van der Waals surface area contributed by atoms with E-state index in [4.69, 9.17) is 11.6 Å². The number of carbonyl (C=O) groups is 1. The summed E-state index contributed by atoms with van der Waals surface area (Å²) >= 11 is 6.05. The van der Waals surface area contributed by atoms with Crippen LogP contribution in [0, 0.1) is 10.7 Å². The summed E-state index contributed by atoms with van der Waals surface area (Å²) in [6.07, 6.45) is 0. The van der Waals surface area contributed by atoms with Crippen LogP contribution >= 0.6 is 11.6 Å². The van der Waals surface area contributed by atoms with Crippen LogP contribution in [0.1, 0.15) is 10.4 Å². The summed E-state index contributed by atoms with van der Waals surface area (Å²) in [4.78, 5) is 22.9. The number of rotatable bonds is 6. The molecule has 2 N–H and O–H groups in total. The van der Waals surface area contributed by atoms with Gasteiger partial charge in [-0.05, 0) is 59.8 Å². The summed E-state index contributed by atoms with van der Waals surface area (Å²) in [6, 6.07) is 14.4. The number of benzene rings is 3.